The zero-order chi connectivity index (χ0) is 25.2. The molecule has 34 heavy (non-hydrogen) atoms. The molecule has 0 fully saturated rings. The third-order valence-electron chi connectivity index (χ3n) is 6.54. The van der Waals surface area contributed by atoms with E-state index in [1.165, 1.54) is 6.92 Å². The molecule has 1 aliphatic carbocycles. The van der Waals surface area contributed by atoms with Crippen LogP contribution < -0.4 is 28.4 Å². The summed E-state index contributed by atoms with van der Waals surface area (Å²) in [4.78, 5) is 12.2. The highest BCUT2D eigenvalue weighted by molar-refractivity contribution is 5.89. The van der Waals surface area contributed by atoms with E-state index in [2.05, 4.69) is 13.8 Å². The fourth-order valence-corrected chi connectivity index (χ4v) is 4.76. The van der Waals surface area contributed by atoms with Gasteiger partial charge in [-0.15, -0.1) is 0 Å². The Hall–Kier alpha value is -3.29. The van der Waals surface area contributed by atoms with Gasteiger partial charge in [0.15, 0.2) is 23.0 Å². The summed E-state index contributed by atoms with van der Waals surface area (Å²) in [5.41, 5.74) is 3.18. The molecule has 0 N–H and O–H groups in total. The maximum absolute atomic E-state index is 12.2. The largest absolute Gasteiger partial charge is 0.493 e. The van der Waals surface area contributed by atoms with Gasteiger partial charge in [-0.3, -0.25) is 4.79 Å². The average Bonchev–Trinajstić information content (AvgIpc) is 2.83. The molecule has 3 rings (SSSR count). The van der Waals surface area contributed by atoms with Gasteiger partial charge in [-0.2, -0.15) is 0 Å². The molecular formula is C26H34O8. The average molecular weight is 475 g/mol. The van der Waals surface area contributed by atoms with Crippen molar-refractivity contribution >= 4 is 5.97 Å². The molecule has 0 spiro atoms. The summed E-state index contributed by atoms with van der Waals surface area (Å²) in [5, 5.41) is 0. The van der Waals surface area contributed by atoms with Gasteiger partial charge in [0, 0.05) is 29.5 Å². The Morgan fingerprint density at radius 2 is 1.24 bits per heavy atom. The Bertz CT molecular complexity index is 1060. The summed E-state index contributed by atoms with van der Waals surface area (Å²) in [5.74, 6) is 2.62. The third kappa shape index (κ3) is 4.17. The number of carbonyl (C=O) groups is 1. The van der Waals surface area contributed by atoms with Gasteiger partial charge in [0.2, 0.25) is 11.5 Å². The summed E-state index contributed by atoms with van der Waals surface area (Å²) in [6.45, 7) is 5.63. The van der Waals surface area contributed by atoms with E-state index in [-0.39, 0.29) is 17.8 Å². The number of hydrogen-bond acceptors (Lipinski definition) is 8. The molecule has 0 bridgehead atoms. The highest BCUT2D eigenvalue weighted by Crippen LogP contribution is 2.57. The molecule has 0 unspecified atom stereocenters. The van der Waals surface area contributed by atoms with Crippen LogP contribution in [0.1, 0.15) is 38.0 Å². The predicted molar refractivity (Wildman–Crippen MR) is 128 cm³/mol. The predicted octanol–water partition coefficient (Wildman–Crippen LogP) is 4.84. The summed E-state index contributed by atoms with van der Waals surface area (Å²) in [6, 6.07) is 3.81. The number of methoxy groups -OCH3 is 6. The lowest BCUT2D eigenvalue weighted by molar-refractivity contribution is -0.150. The third-order valence-corrected chi connectivity index (χ3v) is 6.54. The van der Waals surface area contributed by atoms with E-state index in [9.17, 15) is 4.79 Å². The van der Waals surface area contributed by atoms with Crippen LogP contribution in [0.3, 0.4) is 0 Å². The van der Waals surface area contributed by atoms with Gasteiger partial charge in [0.05, 0.1) is 42.7 Å². The highest BCUT2D eigenvalue weighted by atomic mass is 16.5. The maximum atomic E-state index is 12.2. The second-order valence-corrected chi connectivity index (χ2v) is 8.36. The zero-order valence-electron chi connectivity index (χ0n) is 21.4. The van der Waals surface area contributed by atoms with E-state index >= 15 is 0 Å². The lowest BCUT2D eigenvalue weighted by Gasteiger charge is -2.35. The van der Waals surface area contributed by atoms with Gasteiger partial charge in [-0.25, -0.2) is 0 Å². The van der Waals surface area contributed by atoms with Crippen LogP contribution in [0.25, 0.3) is 11.1 Å². The molecule has 186 valence electrons. The van der Waals surface area contributed by atoms with E-state index in [1.807, 2.05) is 12.1 Å². The van der Waals surface area contributed by atoms with Crippen molar-refractivity contribution in [2.24, 2.45) is 11.8 Å². The lowest BCUT2D eigenvalue weighted by Crippen LogP contribution is -2.26. The van der Waals surface area contributed by atoms with Crippen LogP contribution in [0.4, 0.5) is 0 Å². The van der Waals surface area contributed by atoms with Gasteiger partial charge in [0.25, 0.3) is 0 Å². The Kier molecular flexibility index (Phi) is 7.69. The fourth-order valence-electron chi connectivity index (χ4n) is 4.76. The number of benzene rings is 2. The minimum Gasteiger partial charge on any atom is -0.493 e. The minimum absolute atomic E-state index is 0.0160. The zero-order valence-corrected chi connectivity index (χ0v) is 21.4. The monoisotopic (exact) mass is 474 g/mol. The molecule has 3 atom stereocenters. The van der Waals surface area contributed by atoms with Gasteiger partial charge < -0.3 is 33.2 Å². The molecular weight excluding hydrogens is 440 g/mol. The van der Waals surface area contributed by atoms with Gasteiger partial charge in [-0.1, -0.05) is 13.8 Å². The van der Waals surface area contributed by atoms with Crippen LogP contribution in [0.15, 0.2) is 12.1 Å². The van der Waals surface area contributed by atoms with Crippen molar-refractivity contribution in [1.29, 1.82) is 0 Å². The lowest BCUT2D eigenvalue weighted by atomic mass is 9.75. The SMILES string of the molecule is COc1cc2c(c(OC)c1OC)-c1c(cc(OC)c(OC)c1OC)[C@H](OC(C)=O)[C@H](C)[C@H](C)C2. The standard InChI is InChI=1S/C26H34O8/c1-13-10-16-11-18(28-4)23(30-6)25(32-8)20(16)21-17(22(14(13)2)34-15(3)27)12-19(29-5)24(31-7)26(21)33-9/h11-14,22H,10H2,1-9H3/t13-,14-,22-/m1/s1. The number of ether oxygens (including phenoxy) is 7. The Labute approximate surface area is 201 Å². The molecule has 0 saturated carbocycles. The first-order chi connectivity index (χ1) is 16.3. The minimum atomic E-state index is -0.554. The molecule has 8 nitrogen and oxygen atoms in total. The number of fused-ring (bicyclic) bond motifs is 3. The first kappa shape index (κ1) is 25.3. The second kappa shape index (κ2) is 10.3. The van der Waals surface area contributed by atoms with Crippen molar-refractivity contribution in [3.8, 4) is 45.6 Å². The van der Waals surface area contributed by atoms with Crippen molar-refractivity contribution in [2.75, 3.05) is 42.7 Å². The van der Waals surface area contributed by atoms with Gasteiger partial charge >= 0.3 is 5.97 Å². The van der Waals surface area contributed by atoms with Gasteiger partial charge in [0.1, 0.15) is 6.10 Å². The van der Waals surface area contributed by atoms with Crippen LogP contribution in [-0.4, -0.2) is 48.6 Å². The first-order valence-corrected chi connectivity index (χ1v) is 11.1. The van der Waals surface area contributed by atoms with Crippen LogP contribution >= 0.6 is 0 Å². The topological polar surface area (TPSA) is 81.7 Å². The quantitative estimate of drug-likeness (QED) is 0.528. The Morgan fingerprint density at radius 1 is 0.735 bits per heavy atom. The first-order valence-electron chi connectivity index (χ1n) is 11.1. The van der Waals surface area contributed by atoms with E-state index in [4.69, 9.17) is 33.2 Å². The van der Waals surface area contributed by atoms with Crippen molar-refractivity contribution in [2.45, 2.75) is 33.3 Å². The molecule has 0 heterocycles. The molecule has 2 aromatic rings. The van der Waals surface area contributed by atoms with E-state index in [0.29, 0.717) is 46.5 Å². The Morgan fingerprint density at radius 3 is 1.71 bits per heavy atom. The summed E-state index contributed by atoms with van der Waals surface area (Å²) in [7, 11) is 9.42. The fraction of sp³-hybridized carbons (Fsp3) is 0.500. The second-order valence-electron chi connectivity index (χ2n) is 8.36. The van der Waals surface area contributed by atoms with Crippen molar-refractivity contribution < 1.29 is 38.0 Å². The maximum Gasteiger partial charge on any atom is 0.303 e. The van der Waals surface area contributed by atoms with Crippen LogP contribution in [0, 0.1) is 11.8 Å². The summed E-state index contributed by atoms with van der Waals surface area (Å²) < 4.78 is 40.4. The molecule has 2 aromatic carbocycles. The molecule has 8 heteroatoms. The summed E-state index contributed by atoms with van der Waals surface area (Å²) in [6.07, 6.45) is 0.129. The molecule has 0 radical (unpaired) electrons. The Balaban J connectivity index is 2.58. The molecule has 0 aromatic heterocycles. The van der Waals surface area contributed by atoms with Crippen molar-refractivity contribution in [3.63, 3.8) is 0 Å². The molecule has 0 aliphatic heterocycles. The number of carbonyl (C=O) groups excluding carboxylic acids is 1. The van der Waals surface area contributed by atoms with E-state index in [1.54, 1.807) is 42.7 Å². The van der Waals surface area contributed by atoms with Gasteiger partial charge in [-0.05, 0) is 30.0 Å². The van der Waals surface area contributed by atoms with Crippen molar-refractivity contribution in [1.82, 2.24) is 0 Å². The van der Waals surface area contributed by atoms with E-state index in [0.717, 1.165) is 16.7 Å². The highest BCUT2D eigenvalue weighted by Gasteiger charge is 2.38. The number of hydrogen-bond donors (Lipinski definition) is 0. The van der Waals surface area contributed by atoms with Crippen LogP contribution in [0.2, 0.25) is 0 Å². The molecule has 0 amide bonds. The summed E-state index contributed by atoms with van der Waals surface area (Å²) >= 11 is 0. The molecule has 0 saturated heterocycles. The normalized spacial score (nSPS) is 19.0. The number of rotatable bonds is 7. The van der Waals surface area contributed by atoms with Crippen molar-refractivity contribution in [3.05, 3.63) is 23.3 Å². The van der Waals surface area contributed by atoms with E-state index < -0.39 is 6.10 Å². The molecule has 1 aliphatic rings. The van der Waals surface area contributed by atoms with Crippen LogP contribution in [-0.2, 0) is 16.0 Å². The van der Waals surface area contributed by atoms with Crippen LogP contribution in [0.5, 0.6) is 34.5 Å². The number of esters is 1. The smallest absolute Gasteiger partial charge is 0.303 e.